The molecule has 1 heterocycles. The lowest BCUT2D eigenvalue weighted by atomic mass is 9.94. The molecule has 0 aromatic rings. The van der Waals surface area contributed by atoms with Crippen molar-refractivity contribution in [1.29, 1.82) is 0 Å². The van der Waals surface area contributed by atoms with Gasteiger partial charge in [0, 0.05) is 26.2 Å². The van der Waals surface area contributed by atoms with Gasteiger partial charge in [-0.15, -0.1) is 0 Å². The van der Waals surface area contributed by atoms with Gasteiger partial charge in [-0.05, 0) is 12.8 Å². The van der Waals surface area contributed by atoms with Gasteiger partial charge in [0.15, 0.2) is 0 Å². The van der Waals surface area contributed by atoms with Crippen molar-refractivity contribution in [3.8, 4) is 0 Å². The first-order chi connectivity index (χ1) is 15.2. The highest BCUT2D eigenvalue weighted by Gasteiger charge is 2.37. The molecule has 182 valence electrons. The van der Waals surface area contributed by atoms with E-state index in [0.717, 1.165) is 25.9 Å². The molecule has 1 saturated heterocycles. The fraction of sp³-hybridized carbons (Fsp3) is 0.923. The Labute approximate surface area is 192 Å². The zero-order valence-electron chi connectivity index (χ0n) is 20.6. The van der Waals surface area contributed by atoms with E-state index in [9.17, 15) is 9.59 Å². The van der Waals surface area contributed by atoms with Crippen LogP contribution in [0.15, 0.2) is 0 Å². The predicted octanol–water partition coefficient (Wildman–Crippen LogP) is 5.34. The fourth-order valence-corrected chi connectivity index (χ4v) is 4.43. The molecular weight excluding hydrogens is 386 g/mol. The van der Waals surface area contributed by atoms with Gasteiger partial charge < -0.3 is 16.0 Å². The largest absolute Gasteiger partial charge is 0.356 e. The van der Waals surface area contributed by atoms with E-state index in [4.69, 9.17) is 0 Å². The first-order valence-electron chi connectivity index (χ1n) is 13.5. The lowest BCUT2D eigenvalue weighted by molar-refractivity contribution is -0.132. The van der Waals surface area contributed by atoms with Crippen LogP contribution >= 0.6 is 0 Å². The summed E-state index contributed by atoms with van der Waals surface area (Å²) in [4.78, 5) is 25.1. The van der Waals surface area contributed by atoms with Crippen molar-refractivity contribution in [2.75, 3.05) is 26.2 Å². The van der Waals surface area contributed by atoms with Crippen LogP contribution in [0.2, 0.25) is 0 Å². The lowest BCUT2D eigenvalue weighted by Gasteiger charge is -2.18. The van der Waals surface area contributed by atoms with Gasteiger partial charge in [0.1, 0.15) is 0 Å². The molecule has 1 aliphatic rings. The summed E-state index contributed by atoms with van der Waals surface area (Å²) in [5, 5.41) is 9.37. The molecule has 0 bridgehead atoms. The summed E-state index contributed by atoms with van der Waals surface area (Å²) in [5.74, 6) is -0.374. The first-order valence-corrected chi connectivity index (χ1v) is 13.5. The van der Waals surface area contributed by atoms with E-state index in [1.165, 1.54) is 89.9 Å². The van der Waals surface area contributed by atoms with Crippen LogP contribution in [0.3, 0.4) is 0 Å². The van der Waals surface area contributed by atoms with Gasteiger partial charge in [-0.3, -0.25) is 9.59 Å². The van der Waals surface area contributed by atoms with Crippen LogP contribution in [0.5, 0.6) is 0 Å². The highest BCUT2D eigenvalue weighted by molar-refractivity contribution is 5.88. The van der Waals surface area contributed by atoms with Gasteiger partial charge in [-0.1, -0.05) is 104 Å². The summed E-state index contributed by atoms with van der Waals surface area (Å²) in [6.07, 6.45) is 20.2. The summed E-state index contributed by atoms with van der Waals surface area (Å²) in [5.41, 5.74) is 0. The molecule has 0 radical (unpaired) electrons. The highest BCUT2D eigenvalue weighted by Crippen LogP contribution is 2.17. The lowest BCUT2D eigenvalue weighted by Crippen LogP contribution is -2.42. The number of hydrogen-bond acceptors (Lipinski definition) is 3. The summed E-state index contributed by atoms with van der Waals surface area (Å²) in [7, 11) is 0. The fourth-order valence-electron chi connectivity index (χ4n) is 4.43. The zero-order chi connectivity index (χ0) is 22.6. The van der Waals surface area contributed by atoms with E-state index < -0.39 is 0 Å². The number of hydrogen-bond donors (Lipinski definition) is 3. The Morgan fingerprint density at radius 2 is 0.903 bits per heavy atom. The zero-order valence-corrected chi connectivity index (χ0v) is 20.6. The third kappa shape index (κ3) is 13.8. The second-order valence-corrected chi connectivity index (χ2v) is 9.40. The number of carbonyl (C=O) groups excluding carboxylic acids is 2. The van der Waals surface area contributed by atoms with Crippen molar-refractivity contribution < 1.29 is 9.59 Å². The Morgan fingerprint density at radius 1 is 0.581 bits per heavy atom. The Hall–Kier alpha value is -1.10. The van der Waals surface area contributed by atoms with Crippen molar-refractivity contribution >= 4 is 11.8 Å². The van der Waals surface area contributed by atoms with Gasteiger partial charge in [0.2, 0.25) is 11.8 Å². The molecule has 2 atom stereocenters. The minimum Gasteiger partial charge on any atom is -0.356 e. The van der Waals surface area contributed by atoms with E-state index in [0.29, 0.717) is 13.1 Å². The van der Waals surface area contributed by atoms with Crippen molar-refractivity contribution in [2.45, 2.75) is 117 Å². The third-order valence-electron chi connectivity index (χ3n) is 6.55. The molecular formula is C26H51N3O2. The summed E-state index contributed by atoms with van der Waals surface area (Å²) >= 11 is 0. The summed E-state index contributed by atoms with van der Waals surface area (Å²) < 4.78 is 0. The van der Waals surface area contributed by atoms with Gasteiger partial charge in [-0.25, -0.2) is 0 Å². The Bertz CT molecular complexity index is 416. The van der Waals surface area contributed by atoms with Gasteiger partial charge >= 0.3 is 0 Å². The van der Waals surface area contributed by atoms with E-state index in [2.05, 4.69) is 29.8 Å². The van der Waals surface area contributed by atoms with Crippen molar-refractivity contribution in [3.63, 3.8) is 0 Å². The number of unbranched alkanes of at least 4 members (excludes halogenated alkanes) is 14. The molecule has 5 heteroatoms. The molecule has 31 heavy (non-hydrogen) atoms. The highest BCUT2D eigenvalue weighted by atomic mass is 16.2. The minimum atomic E-state index is -0.229. The van der Waals surface area contributed by atoms with Crippen molar-refractivity contribution in [2.24, 2.45) is 11.8 Å². The summed E-state index contributed by atoms with van der Waals surface area (Å²) in [6.45, 7) is 7.17. The normalized spacial score (nSPS) is 18.3. The Balaban J connectivity index is 2.07. The molecule has 0 spiro atoms. The van der Waals surface area contributed by atoms with Gasteiger partial charge in [-0.2, -0.15) is 0 Å². The van der Waals surface area contributed by atoms with E-state index in [-0.39, 0.29) is 23.7 Å². The van der Waals surface area contributed by atoms with E-state index in [1.54, 1.807) is 0 Å². The van der Waals surface area contributed by atoms with Crippen LogP contribution < -0.4 is 16.0 Å². The molecule has 0 aromatic heterocycles. The minimum absolute atomic E-state index is 0.0418. The van der Waals surface area contributed by atoms with Crippen molar-refractivity contribution in [3.05, 3.63) is 0 Å². The smallest absolute Gasteiger partial charge is 0.225 e. The molecule has 3 N–H and O–H groups in total. The number of amides is 2. The predicted molar refractivity (Wildman–Crippen MR) is 131 cm³/mol. The molecule has 0 aromatic carbocycles. The number of rotatable bonds is 20. The Kier molecular flexibility index (Phi) is 17.6. The number of carbonyl (C=O) groups is 2. The van der Waals surface area contributed by atoms with Crippen LogP contribution in [0, 0.1) is 11.8 Å². The molecule has 0 saturated carbocycles. The maximum atomic E-state index is 12.6. The van der Waals surface area contributed by atoms with Crippen molar-refractivity contribution in [1.82, 2.24) is 16.0 Å². The molecule has 1 fully saturated rings. The second-order valence-electron chi connectivity index (χ2n) is 9.40. The molecule has 0 aliphatic carbocycles. The quantitative estimate of drug-likeness (QED) is 0.225. The van der Waals surface area contributed by atoms with Crippen LogP contribution in [0.25, 0.3) is 0 Å². The second kappa shape index (κ2) is 19.6. The maximum absolute atomic E-state index is 12.6. The molecule has 1 rings (SSSR count). The van der Waals surface area contributed by atoms with Gasteiger partial charge in [0.25, 0.3) is 0 Å². The third-order valence-corrected chi connectivity index (χ3v) is 6.55. The Morgan fingerprint density at radius 3 is 1.26 bits per heavy atom. The summed E-state index contributed by atoms with van der Waals surface area (Å²) in [6, 6.07) is 0. The van der Waals surface area contributed by atoms with Gasteiger partial charge in [0.05, 0.1) is 11.8 Å². The van der Waals surface area contributed by atoms with Crippen LogP contribution in [-0.4, -0.2) is 38.0 Å². The van der Waals surface area contributed by atoms with Crippen LogP contribution in [0.4, 0.5) is 0 Å². The van der Waals surface area contributed by atoms with Crippen LogP contribution in [-0.2, 0) is 9.59 Å². The average Bonchev–Trinajstić information content (AvgIpc) is 3.27. The average molecular weight is 438 g/mol. The maximum Gasteiger partial charge on any atom is 0.225 e. The standard InChI is InChI=1S/C26H51N3O2/c1-3-5-7-9-11-13-15-17-19-28-25(30)23-21-27-22-24(23)26(31)29-20-18-16-14-12-10-8-6-4-2/h23-24,27H,3-22H2,1-2H3,(H,28,30)(H,29,31)/t23-,24-/m1/s1. The molecule has 1 aliphatic heterocycles. The first kappa shape index (κ1) is 27.9. The SMILES string of the molecule is CCCCCCCCCCNC(=O)[C@@H]1CNC[C@H]1C(=O)NCCCCCCCCCC. The monoisotopic (exact) mass is 437 g/mol. The topological polar surface area (TPSA) is 70.2 Å². The molecule has 2 amide bonds. The van der Waals surface area contributed by atoms with E-state index in [1.807, 2.05) is 0 Å². The number of nitrogens with one attached hydrogen (secondary N) is 3. The van der Waals surface area contributed by atoms with E-state index >= 15 is 0 Å². The molecule has 5 nitrogen and oxygen atoms in total. The molecule has 0 unspecified atom stereocenters. The van der Waals surface area contributed by atoms with Crippen LogP contribution in [0.1, 0.15) is 117 Å².